The van der Waals surface area contributed by atoms with Crippen LogP contribution in [0.2, 0.25) is 0 Å². The number of amidine groups is 1. The van der Waals surface area contributed by atoms with Crippen LogP contribution < -0.4 is 5.73 Å². The molecule has 17 heavy (non-hydrogen) atoms. The second-order valence-electron chi connectivity index (χ2n) is 5.50. The number of urea groups is 1. The Morgan fingerprint density at radius 2 is 2.41 bits per heavy atom. The van der Waals surface area contributed by atoms with Gasteiger partial charge >= 0.3 is 6.03 Å². The van der Waals surface area contributed by atoms with Gasteiger partial charge in [-0.3, -0.25) is 4.90 Å². The summed E-state index contributed by atoms with van der Waals surface area (Å²) in [5.41, 5.74) is 5.70. The number of terminal acetylenes is 1. The molecule has 0 radical (unpaired) electrons. The van der Waals surface area contributed by atoms with Crippen molar-refractivity contribution in [3.63, 3.8) is 0 Å². The van der Waals surface area contributed by atoms with Crippen molar-refractivity contribution in [2.45, 2.75) is 44.2 Å². The summed E-state index contributed by atoms with van der Waals surface area (Å²) in [4.78, 5) is 17.7. The first-order chi connectivity index (χ1) is 8.09. The topological polar surface area (TPSA) is 58.7 Å². The molecule has 90 valence electrons. The van der Waals surface area contributed by atoms with E-state index in [4.69, 9.17) is 12.2 Å². The molecule has 3 aliphatic rings. The van der Waals surface area contributed by atoms with Crippen LogP contribution in [0.1, 0.15) is 32.6 Å². The van der Waals surface area contributed by atoms with E-state index in [-0.39, 0.29) is 17.6 Å². The SMILES string of the molecule is C#CC(C)N1C(=O)N=C(N)C12CC1CCC2C1. The molecule has 1 heterocycles. The largest absolute Gasteiger partial charge is 0.385 e. The number of fused-ring (bicyclic) bond motifs is 3. The number of hydrogen-bond acceptors (Lipinski definition) is 2. The Labute approximate surface area is 101 Å². The van der Waals surface area contributed by atoms with Gasteiger partial charge in [0.05, 0.1) is 6.04 Å². The Bertz CT molecular complexity index is 450. The van der Waals surface area contributed by atoms with Crippen molar-refractivity contribution in [2.24, 2.45) is 22.6 Å². The smallest absolute Gasteiger partial charge is 0.347 e. The number of nitrogens with two attached hydrogens (primary N) is 1. The van der Waals surface area contributed by atoms with Crippen molar-refractivity contribution in [3.05, 3.63) is 0 Å². The van der Waals surface area contributed by atoms with E-state index in [0.29, 0.717) is 17.7 Å². The van der Waals surface area contributed by atoms with Crippen LogP contribution >= 0.6 is 0 Å². The highest BCUT2D eigenvalue weighted by atomic mass is 16.2. The highest BCUT2D eigenvalue weighted by Gasteiger charge is 2.61. The van der Waals surface area contributed by atoms with Gasteiger partial charge in [0.2, 0.25) is 0 Å². The number of carbonyl (C=O) groups is 1. The van der Waals surface area contributed by atoms with Gasteiger partial charge < -0.3 is 5.73 Å². The lowest BCUT2D eigenvalue weighted by atomic mass is 9.78. The molecule has 3 rings (SSSR count). The average molecular weight is 231 g/mol. The fourth-order valence-corrected chi connectivity index (χ4v) is 4.04. The monoisotopic (exact) mass is 231 g/mol. The van der Waals surface area contributed by atoms with Crippen molar-refractivity contribution in [1.82, 2.24) is 4.90 Å². The number of nitrogens with zero attached hydrogens (tertiary/aromatic N) is 2. The molecular formula is C13H17N3O. The zero-order chi connectivity index (χ0) is 12.2. The van der Waals surface area contributed by atoms with E-state index in [0.717, 1.165) is 19.3 Å². The maximum Gasteiger partial charge on any atom is 0.347 e. The summed E-state index contributed by atoms with van der Waals surface area (Å²) in [6.45, 7) is 1.87. The number of amides is 2. The normalized spacial score (nSPS) is 40.8. The fraction of sp³-hybridized carbons (Fsp3) is 0.692. The van der Waals surface area contributed by atoms with Crippen LogP contribution in [0.15, 0.2) is 4.99 Å². The molecule has 0 aromatic carbocycles. The third kappa shape index (κ3) is 1.14. The minimum Gasteiger partial charge on any atom is -0.385 e. The molecule has 4 heteroatoms. The van der Waals surface area contributed by atoms with Gasteiger partial charge in [-0.25, -0.2) is 4.79 Å². The van der Waals surface area contributed by atoms with Crippen molar-refractivity contribution < 1.29 is 4.79 Å². The second-order valence-corrected chi connectivity index (χ2v) is 5.50. The van der Waals surface area contributed by atoms with Crippen molar-refractivity contribution in [2.75, 3.05) is 0 Å². The van der Waals surface area contributed by atoms with E-state index in [9.17, 15) is 4.79 Å². The first kappa shape index (κ1) is 10.6. The molecule has 4 unspecified atom stereocenters. The zero-order valence-electron chi connectivity index (χ0n) is 10.0. The van der Waals surface area contributed by atoms with Crippen LogP contribution in [-0.2, 0) is 0 Å². The van der Waals surface area contributed by atoms with E-state index in [1.807, 2.05) is 6.92 Å². The van der Waals surface area contributed by atoms with Gasteiger partial charge in [0, 0.05) is 0 Å². The summed E-state index contributed by atoms with van der Waals surface area (Å²) in [5.74, 6) is 4.29. The summed E-state index contributed by atoms with van der Waals surface area (Å²) in [6.07, 6.45) is 9.98. The minimum absolute atomic E-state index is 0.230. The number of hydrogen-bond donors (Lipinski definition) is 1. The molecule has 0 aromatic rings. The zero-order valence-corrected chi connectivity index (χ0v) is 10.0. The summed E-state index contributed by atoms with van der Waals surface area (Å²) in [7, 11) is 0. The van der Waals surface area contributed by atoms with E-state index < -0.39 is 0 Å². The molecule has 0 aromatic heterocycles. The Hall–Kier alpha value is -1.50. The van der Waals surface area contributed by atoms with Crippen LogP contribution in [-0.4, -0.2) is 28.3 Å². The third-order valence-corrected chi connectivity index (χ3v) is 4.74. The van der Waals surface area contributed by atoms with Gasteiger partial charge in [-0.05, 0) is 44.4 Å². The van der Waals surface area contributed by atoms with E-state index in [1.165, 1.54) is 6.42 Å². The minimum atomic E-state index is -0.355. The third-order valence-electron chi connectivity index (χ3n) is 4.74. The molecule has 1 aliphatic heterocycles. The second kappa shape index (κ2) is 3.25. The molecule has 2 fully saturated rings. The maximum absolute atomic E-state index is 12.0. The predicted octanol–water partition coefficient (Wildman–Crippen LogP) is 1.36. The molecule has 2 aliphatic carbocycles. The quantitative estimate of drug-likeness (QED) is 0.693. The summed E-state index contributed by atoms with van der Waals surface area (Å²) in [6, 6.07) is -0.479. The van der Waals surface area contributed by atoms with Crippen LogP contribution in [0.25, 0.3) is 0 Å². The molecule has 2 saturated carbocycles. The highest BCUT2D eigenvalue weighted by Crippen LogP contribution is 2.55. The Balaban J connectivity index is 2.05. The molecule has 4 nitrogen and oxygen atoms in total. The number of carbonyl (C=O) groups excluding carboxylic acids is 1. The summed E-state index contributed by atoms with van der Waals surface area (Å²) < 4.78 is 0. The van der Waals surface area contributed by atoms with Gasteiger partial charge in [0.15, 0.2) is 0 Å². The molecule has 4 atom stereocenters. The first-order valence-corrected chi connectivity index (χ1v) is 6.23. The number of rotatable bonds is 1. The highest BCUT2D eigenvalue weighted by molar-refractivity contribution is 6.06. The van der Waals surface area contributed by atoms with Crippen molar-refractivity contribution in [3.8, 4) is 12.3 Å². The van der Waals surface area contributed by atoms with E-state index in [1.54, 1.807) is 4.90 Å². The van der Waals surface area contributed by atoms with Crippen LogP contribution in [0.3, 0.4) is 0 Å². The van der Waals surface area contributed by atoms with Gasteiger partial charge in [-0.1, -0.05) is 5.92 Å². The van der Waals surface area contributed by atoms with Gasteiger partial charge in [0.1, 0.15) is 11.4 Å². The predicted molar refractivity (Wildman–Crippen MR) is 65.3 cm³/mol. The van der Waals surface area contributed by atoms with Gasteiger partial charge in [-0.2, -0.15) is 4.99 Å². The standard InChI is InChI=1S/C13H17N3O/c1-3-8(2)16-12(17)15-11(14)13(16)7-9-4-5-10(13)6-9/h1,8-10H,4-7H2,2H3,(H2,14,15,17). The lowest BCUT2D eigenvalue weighted by Gasteiger charge is -2.43. The van der Waals surface area contributed by atoms with Crippen LogP contribution in [0.4, 0.5) is 4.79 Å². The lowest BCUT2D eigenvalue weighted by Crippen LogP contribution is -2.59. The summed E-state index contributed by atoms with van der Waals surface area (Å²) in [5, 5.41) is 0. The molecule has 2 amide bonds. The van der Waals surface area contributed by atoms with E-state index >= 15 is 0 Å². The molecule has 1 spiro atoms. The Morgan fingerprint density at radius 1 is 1.65 bits per heavy atom. The van der Waals surface area contributed by atoms with Crippen LogP contribution in [0, 0.1) is 24.2 Å². The van der Waals surface area contributed by atoms with Gasteiger partial charge in [-0.15, -0.1) is 6.42 Å². The maximum atomic E-state index is 12.0. The Kier molecular flexibility index (Phi) is 2.04. The van der Waals surface area contributed by atoms with Crippen molar-refractivity contribution >= 4 is 11.9 Å². The summed E-state index contributed by atoms with van der Waals surface area (Å²) >= 11 is 0. The first-order valence-electron chi connectivity index (χ1n) is 6.23. The molecule has 0 saturated heterocycles. The molecule has 2 N–H and O–H groups in total. The fourth-order valence-electron chi connectivity index (χ4n) is 4.04. The molecule has 2 bridgehead atoms. The van der Waals surface area contributed by atoms with Crippen molar-refractivity contribution in [1.29, 1.82) is 0 Å². The molecular weight excluding hydrogens is 214 g/mol. The van der Waals surface area contributed by atoms with E-state index in [2.05, 4.69) is 10.9 Å². The Morgan fingerprint density at radius 3 is 2.94 bits per heavy atom. The van der Waals surface area contributed by atoms with Gasteiger partial charge in [0.25, 0.3) is 0 Å². The van der Waals surface area contributed by atoms with Crippen LogP contribution in [0.5, 0.6) is 0 Å². The lowest BCUT2D eigenvalue weighted by molar-refractivity contribution is 0.118. The number of aliphatic imine (C=N–C) groups is 1. The average Bonchev–Trinajstić information content (AvgIpc) is 2.94.